The Balaban J connectivity index is 1.33. The highest BCUT2D eigenvalue weighted by atomic mass is 19.1. The van der Waals surface area contributed by atoms with Gasteiger partial charge in [-0.1, -0.05) is 18.2 Å². The van der Waals surface area contributed by atoms with Crippen molar-refractivity contribution in [3.63, 3.8) is 0 Å². The molecule has 1 fully saturated rings. The lowest BCUT2D eigenvalue weighted by molar-refractivity contribution is -0.134. The summed E-state index contributed by atoms with van der Waals surface area (Å²) in [7, 11) is 0. The van der Waals surface area contributed by atoms with Gasteiger partial charge < -0.3 is 14.5 Å². The first-order valence-corrected chi connectivity index (χ1v) is 10.5. The summed E-state index contributed by atoms with van der Waals surface area (Å²) < 4.78 is 20.2. The molecule has 1 amide bonds. The van der Waals surface area contributed by atoms with Crippen LogP contribution in [0.3, 0.4) is 0 Å². The van der Waals surface area contributed by atoms with Gasteiger partial charge in [-0.3, -0.25) is 4.79 Å². The number of ether oxygens (including phenoxy) is 1. The number of piperazine rings is 1. The van der Waals surface area contributed by atoms with E-state index in [9.17, 15) is 14.0 Å². The summed E-state index contributed by atoms with van der Waals surface area (Å²) in [6.45, 7) is 5.53. The van der Waals surface area contributed by atoms with Crippen molar-refractivity contribution in [2.75, 3.05) is 37.7 Å². The Kier molecular flexibility index (Phi) is 6.20. The molecule has 0 saturated carbocycles. The molecule has 1 aliphatic heterocycles. The minimum Gasteiger partial charge on any atom is -0.452 e. The molecule has 0 bridgehead atoms. The number of halogens is 1. The van der Waals surface area contributed by atoms with Crippen molar-refractivity contribution in [2.45, 2.75) is 13.8 Å². The number of esters is 1. The largest absolute Gasteiger partial charge is 0.452 e. The molecule has 2 aromatic carbocycles. The van der Waals surface area contributed by atoms with Crippen molar-refractivity contribution in [3.8, 4) is 5.69 Å². The molecule has 1 aliphatic rings. The second-order valence-corrected chi connectivity index (χ2v) is 7.71. The van der Waals surface area contributed by atoms with E-state index < -0.39 is 5.97 Å². The summed E-state index contributed by atoms with van der Waals surface area (Å²) >= 11 is 0. The molecular formula is C24H25FN4O3. The molecule has 1 aromatic heterocycles. The highest BCUT2D eigenvalue weighted by molar-refractivity contribution is 5.93. The maximum absolute atomic E-state index is 13.1. The SMILES string of the molecule is Cc1nn(-c2ccccc2)c(C)c1C(=O)OCC(=O)N1CCN(c2ccc(F)cc2)CC1. The lowest BCUT2D eigenvalue weighted by Crippen LogP contribution is -2.49. The van der Waals surface area contributed by atoms with Crippen LogP contribution in [0.15, 0.2) is 54.6 Å². The Hall–Kier alpha value is -3.68. The topological polar surface area (TPSA) is 67.7 Å². The summed E-state index contributed by atoms with van der Waals surface area (Å²) in [5, 5.41) is 4.45. The molecule has 0 spiro atoms. The van der Waals surface area contributed by atoms with E-state index >= 15 is 0 Å². The minimum absolute atomic E-state index is 0.233. The van der Waals surface area contributed by atoms with Gasteiger partial charge in [0.2, 0.25) is 0 Å². The average molecular weight is 436 g/mol. The third-order valence-electron chi connectivity index (χ3n) is 5.65. The van der Waals surface area contributed by atoms with Gasteiger partial charge in [0.05, 0.1) is 17.1 Å². The average Bonchev–Trinajstić information content (AvgIpc) is 3.12. The molecule has 0 radical (unpaired) electrons. The Labute approximate surface area is 186 Å². The predicted molar refractivity (Wildman–Crippen MR) is 119 cm³/mol. The van der Waals surface area contributed by atoms with Gasteiger partial charge in [0.1, 0.15) is 11.4 Å². The van der Waals surface area contributed by atoms with Crippen LogP contribution in [0.1, 0.15) is 21.7 Å². The number of hydrogen-bond acceptors (Lipinski definition) is 5. The first kappa shape index (κ1) is 21.5. The lowest BCUT2D eigenvalue weighted by Gasteiger charge is -2.36. The number of anilines is 1. The standard InChI is InChI=1S/C24H25FN4O3/c1-17-23(18(2)29(26-17)21-6-4-3-5-7-21)24(31)32-16-22(30)28-14-12-27(13-15-28)20-10-8-19(25)9-11-20/h3-11H,12-16H2,1-2H3. The molecule has 3 aromatic rings. The van der Waals surface area contributed by atoms with Crippen LogP contribution in [0.2, 0.25) is 0 Å². The van der Waals surface area contributed by atoms with Gasteiger partial charge >= 0.3 is 5.97 Å². The van der Waals surface area contributed by atoms with Crippen LogP contribution in [-0.2, 0) is 9.53 Å². The molecule has 0 atom stereocenters. The van der Waals surface area contributed by atoms with Crippen LogP contribution >= 0.6 is 0 Å². The van der Waals surface area contributed by atoms with Gasteiger partial charge in [0, 0.05) is 31.9 Å². The van der Waals surface area contributed by atoms with E-state index in [0.29, 0.717) is 43.1 Å². The Bertz CT molecular complexity index is 1100. The van der Waals surface area contributed by atoms with Gasteiger partial charge in [0.25, 0.3) is 5.91 Å². The molecular weight excluding hydrogens is 411 g/mol. The van der Waals surface area contributed by atoms with E-state index in [4.69, 9.17) is 4.74 Å². The van der Waals surface area contributed by atoms with E-state index in [2.05, 4.69) is 10.00 Å². The van der Waals surface area contributed by atoms with Gasteiger partial charge in [0.15, 0.2) is 6.61 Å². The number of carbonyl (C=O) groups excluding carboxylic acids is 2. The van der Waals surface area contributed by atoms with Gasteiger partial charge in [-0.2, -0.15) is 5.10 Å². The fourth-order valence-electron chi connectivity index (χ4n) is 3.92. The van der Waals surface area contributed by atoms with Gasteiger partial charge in [-0.15, -0.1) is 0 Å². The van der Waals surface area contributed by atoms with E-state index in [1.165, 1.54) is 12.1 Å². The number of carbonyl (C=O) groups is 2. The van der Waals surface area contributed by atoms with Crippen molar-refractivity contribution >= 4 is 17.6 Å². The molecule has 1 saturated heterocycles. The number of para-hydroxylation sites is 1. The molecule has 4 rings (SSSR count). The van der Waals surface area contributed by atoms with E-state index in [1.54, 1.807) is 35.6 Å². The zero-order chi connectivity index (χ0) is 22.7. The molecule has 7 nitrogen and oxygen atoms in total. The quantitative estimate of drug-likeness (QED) is 0.575. The fourth-order valence-corrected chi connectivity index (χ4v) is 3.92. The summed E-state index contributed by atoms with van der Waals surface area (Å²) in [6, 6.07) is 15.8. The highest BCUT2D eigenvalue weighted by Gasteiger charge is 2.25. The highest BCUT2D eigenvalue weighted by Crippen LogP contribution is 2.19. The normalized spacial score (nSPS) is 13.8. The van der Waals surface area contributed by atoms with Crippen LogP contribution in [0.25, 0.3) is 5.69 Å². The van der Waals surface area contributed by atoms with Gasteiger partial charge in [-0.05, 0) is 50.2 Å². The molecule has 0 N–H and O–H groups in total. The van der Waals surface area contributed by atoms with Crippen LogP contribution in [0.5, 0.6) is 0 Å². The summed E-state index contributed by atoms with van der Waals surface area (Å²) in [6.07, 6.45) is 0. The van der Waals surface area contributed by atoms with Crippen molar-refractivity contribution < 1.29 is 18.7 Å². The van der Waals surface area contributed by atoms with E-state index in [0.717, 1.165) is 11.4 Å². The van der Waals surface area contributed by atoms with Crippen molar-refractivity contribution in [1.29, 1.82) is 0 Å². The fraction of sp³-hybridized carbons (Fsp3) is 0.292. The number of amides is 1. The van der Waals surface area contributed by atoms with E-state index in [-0.39, 0.29) is 18.3 Å². The van der Waals surface area contributed by atoms with Crippen LogP contribution < -0.4 is 4.90 Å². The number of benzene rings is 2. The molecule has 2 heterocycles. The molecule has 0 aliphatic carbocycles. The van der Waals surface area contributed by atoms with Crippen LogP contribution in [-0.4, -0.2) is 59.3 Å². The maximum Gasteiger partial charge on any atom is 0.342 e. The lowest BCUT2D eigenvalue weighted by atomic mass is 10.2. The zero-order valence-corrected chi connectivity index (χ0v) is 18.1. The Morgan fingerprint density at radius 1 is 0.938 bits per heavy atom. The second-order valence-electron chi connectivity index (χ2n) is 7.71. The Morgan fingerprint density at radius 2 is 1.59 bits per heavy atom. The first-order valence-electron chi connectivity index (χ1n) is 10.5. The number of hydrogen-bond donors (Lipinski definition) is 0. The van der Waals surface area contributed by atoms with Gasteiger partial charge in [-0.25, -0.2) is 13.9 Å². The zero-order valence-electron chi connectivity index (χ0n) is 18.1. The number of nitrogens with zero attached hydrogens (tertiary/aromatic N) is 4. The summed E-state index contributed by atoms with van der Waals surface area (Å²) in [4.78, 5) is 29.1. The summed E-state index contributed by atoms with van der Waals surface area (Å²) in [5.41, 5.74) is 3.37. The third-order valence-corrected chi connectivity index (χ3v) is 5.65. The minimum atomic E-state index is -0.555. The van der Waals surface area contributed by atoms with Crippen LogP contribution in [0.4, 0.5) is 10.1 Å². The maximum atomic E-state index is 13.1. The number of aryl methyl sites for hydroxylation is 1. The predicted octanol–water partition coefficient (Wildman–Crippen LogP) is 3.13. The number of rotatable bonds is 5. The molecule has 166 valence electrons. The Morgan fingerprint density at radius 3 is 2.25 bits per heavy atom. The smallest absolute Gasteiger partial charge is 0.342 e. The first-order chi connectivity index (χ1) is 15.4. The van der Waals surface area contributed by atoms with E-state index in [1.807, 2.05) is 30.3 Å². The third kappa shape index (κ3) is 4.49. The van der Waals surface area contributed by atoms with Crippen molar-refractivity contribution in [1.82, 2.24) is 14.7 Å². The van der Waals surface area contributed by atoms with Crippen molar-refractivity contribution in [3.05, 3.63) is 77.4 Å². The molecule has 0 unspecified atom stereocenters. The molecule has 8 heteroatoms. The van der Waals surface area contributed by atoms with Crippen molar-refractivity contribution in [2.24, 2.45) is 0 Å². The molecule has 32 heavy (non-hydrogen) atoms. The number of aromatic nitrogens is 2. The van der Waals surface area contributed by atoms with Crippen LogP contribution in [0, 0.1) is 19.7 Å². The monoisotopic (exact) mass is 436 g/mol. The summed E-state index contributed by atoms with van der Waals surface area (Å²) in [5.74, 6) is -1.06. The second kappa shape index (κ2) is 9.21.